The normalized spacial score (nSPS) is 17.5. The van der Waals surface area contributed by atoms with Crippen molar-refractivity contribution in [1.29, 1.82) is 0 Å². The number of halogens is 1. The highest BCUT2D eigenvalue weighted by molar-refractivity contribution is 6.31. The van der Waals surface area contributed by atoms with E-state index < -0.39 is 5.97 Å². The summed E-state index contributed by atoms with van der Waals surface area (Å²) in [5.74, 6) is -0.542. The molecule has 1 aliphatic rings. The van der Waals surface area contributed by atoms with E-state index in [9.17, 15) is 9.59 Å². The summed E-state index contributed by atoms with van der Waals surface area (Å²) < 4.78 is 1.74. The molecule has 4 rings (SSSR count). The fourth-order valence-corrected chi connectivity index (χ4v) is 3.99. The van der Waals surface area contributed by atoms with Gasteiger partial charge in [-0.3, -0.25) is 14.9 Å². The van der Waals surface area contributed by atoms with Crippen molar-refractivity contribution in [2.45, 2.75) is 37.8 Å². The molecule has 1 aromatic heterocycles. The lowest BCUT2D eigenvalue weighted by molar-refractivity contribution is -0.137. The quantitative estimate of drug-likeness (QED) is 0.507. The number of carbonyl (C=O) groups is 2. The molecule has 2 heterocycles. The molecule has 0 fully saturated rings. The van der Waals surface area contributed by atoms with Gasteiger partial charge in [-0.2, -0.15) is 4.98 Å². The molecule has 0 radical (unpaired) electrons. The Bertz CT molecular complexity index is 1090. The third kappa shape index (κ3) is 4.86. The number of nitrogens with one attached hydrogen (secondary N) is 2. The molecule has 0 saturated heterocycles. The fraction of sp³-hybridized carbons (Fsp3) is 0.273. The van der Waals surface area contributed by atoms with Gasteiger partial charge in [-0.1, -0.05) is 60.1 Å². The molecular formula is C22H22ClN5O3. The molecule has 0 saturated carbocycles. The average molecular weight is 440 g/mol. The lowest BCUT2D eigenvalue weighted by Crippen LogP contribution is -2.28. The van der Waals surface area contributed by atoms with E-state index in [1.165, 1.54) is 0 Å². The predicted octanol–water partition coefficient (Wildman–Crippen LogP) is 4.27. The second-order valence-electron chi connectivity index (χ2n) is 7.38. The van der Waals surface area contributed by atoms with Gasteiger partial charge in [-0.25, -0.2) is 4.68 Å². The summed E-state index contributed by atoms with van der Waals surface area (Å²) in [5.41, 5.74) is 2.05. The lowest BCUT2D eigenvalue weighted by Gasteiger charge is -2.32. The molecule has 160 valence electrons. The Morgan fingerprint density at radius 1 is 1.13 bits per heavy atom. The summed E-state index contributed by atoms with van der Waals surface area (Å²) in [4.78, 5) is 27.3. The number of hydrogen-bond donors (Lipinski definition) is 3. The van der Waals surface area contributed by atoms with Crippen molar-refractivity contribution in [2.24, 2.45) is 0 Å². The van der Waals surface area contributed by atoms with Gasteiger partial charge in [0, 0.05) is 17.9 Å². The molecule has 1 amide bonds. The van der Waals surface area contributed by atoms with Crippen LogP contribution in [0.4, 0.5) is 11.9 Å². The van der Waals surface area contributed by atoms with E-state index in [2.05, 4.69) is 32.8 Å². The van der Waals surface area contributed by atoms with Gasteiger partial charge >= 0.3 is 5.97 Å². The molecule has 9 heteroatoms. The van der Waals surface area contributed by atoms with Gasteiger partial charge in [-0.15, -0.1) is 5.10 Å². The maximum Gasteiger partial charge on any atom is 0.303 e. The Balaban J connectivity index is 1.61. The maximum atomic E-state index is 12.2. The summed E-state index contributed by atoms with van der Waals surface area (Å²) in [6.45, 7) is 0. The highest BCUT2D eigenvalue weighted by Gasteiger charge is 2.32. The molecule has 0 aliphatic carbocycles. The van der Waals surface area contributed by atoms with Crippen LogP contribution in [0.1, 0.15) is 48.9 Å². The zero-order valence-electron chi connectivity index (χ0n) is 16.7. The first-order valence-corrected chi connectivity index (χ1v) is 10.4. The summed E-state index contributed by atoms with van der Waals surface area (Å²) in [6, 6.07) is 17.5. The molecule has 1 aliphatic heterocycles. The van der Waals surface area contributed by atoms with Gasteiger partial charge in [0.25, 0.3) is 5.95 Å². The first-order chi connectivity index (χ1) is 15.0. The minimum Gasteiger partial charge on any atom is -0.481 e. The third-order valence-electron chi connectivity index (χ3n) is 5.20. The van der Waals surface area contributed by atoms with Gasteiger partial charge in [0.2, 0.25) is 11.9 Å². The molecule has 0 unspecified atom stereocenters. The van der Waals surface area contributed by atoms with Crippen molar-refractivity contribution in [3.8, 4) is 0 Å². The summed E-state index contributed by atoms with van der Waals surface area (Å²) in [7, 11) is 0. The van der Waals surface area contributed by atoms with Crippen molar-refractivity contribution in [3.63, 3.8) is 0 Å². The van der Waals surface area contributed by atoms with E-state index in [0.29, 0.717) is 17.4 Å². The summed E-state index contributed by atoms with van der Waals surface area (Å²) >= 11 is 6.49. The third-order valence-corrected chi connectivity index (χ3v) is 5.54. The minimum atomic E-state index is -0.929. The van der Waals surface area contributed by atoms with Gasteiger partial charge in [0.15, 0.2) is 0 Å². The Morgan fingerprint density at radius 2 is 1.87 bits per heavy atom. The minimum absolute atomic E-state index is 0.00158. The predicted molar refractivity (Wildman–Crippen MR) is 117 cm³/mol. The number of amides is 1. The lowest BCUT2D eigenvalue weighted by atomic mass is 9.93. The van der Waals surface area contributed by atoms with Gasteiger partial charge in [0.05, 0.1) is 12.1 Å². The zero-order valence-corrected chi connectivity index (χ0v) is 17.4. The second kappa shape index (κ2) is 9.18. The van der Waals surface area contributed by atoms with Gasteiger partial charge < -0.3 is 10.4 Å². The first kappa shape index (κ1) is 20.9. The van der Waals surface area contributed by atoms with Crippen LogP contribution >= 0.6 is 11.6 Å². The van der Waals surface area contributed by atoms with E-state index in [1.807, 2.05) is 42.5 Å². The monoisotopic (exact) mass is 439 g/mol. The molecule has 8 nitrogen and oxygen atoms in total. The highest BCUT2D eigenvalue weighted by atomic mass is 35.5. The van der Waals surface area contributed by atoms with E-state index in [0.717, 1.165) is 11.1 Å². The van der Waals surface area contributed by atoms with E-state index >= 15 is 0 Å². The number of anilines is 2. The smallest absolute Gasteiger partial charge is 0.303 e. The number of aromatic nitrogens is 3. The number of carbonyl (C=O) groups excluding carboxylic acids is 1. The van der Waals surface area contributed by atoms with Crippen LogP contribution < -0.4 is 10.6 Å². The number of fused-ring (bicyclic) bond motifs is 1. The van der Waals surface area contributed by atoms with Crippen molar-refractivity contribution in [3.05, 3.63) is 70.7 Å². The first-order valence-electron chi connectivity index (χ1n) is 10.1. The van der Waals surface area contributed by atoms with Crippen LogP contribution in [-0.4, -0.2) is 31.7 Å². The standard InChI is InChI=1S/C22H22ClN5O3/c23-16-10-5-4-9-15(16)18-13-17(14-7-2-1-3-8-14)24-22-26-21(27-28(18)22)25-19(29)11-6-12-20(30)31/h1-5,7-10,17-18H,6,11-13H2,(H,30,31)(H2,24,25,26,27,29)/t17-,18-/m0/s1. The average Bonchev–Trinajstić information content (AvgIpc) is 3.16. The van der Waals surface area contributed by atoms with Crippen molar-refractivity contribution in [2.75, 3.05) is 10.6 Å². The van der Waals surface area contributed by atoms with Crippen LogP contribution in [0.2, 0.25) is 5.02 Å². The van der Waals surface area contributed by atoms with Gasteiger partial charge in [-0.05, 0) is 30.0 Å². The number of carboxylic acid groups (broad SMARTS) is 1. The summed E-state index contributed by atoms with van der Waals surface area (Å²) in [6.07, 6.45) is 0.987. The molecule has 0 spiro atoms. The SMILES string of the molecule is O=C(O)CCCC(=O)Nc1nc2n(n1)[C@H](c1ccccc1Cl)C[C@@H](c1ccccc1)N2. The Morgan fingerprint density at radius 3 is 2.61 bits per heavy atom. The van der Waals surface area contributed by atoms with E-state index in [1.54, 1.807) is 4.68 Å². The number of benzene rings is 2. The topological polar surface area (TPSA) is 109 Å². The van der Waals surface area contributed by atoms with Crippen LogP contribution in [0.5, 0.6) is 0 Å². The van der Waals surface area contributed by atoms with Crippen LogP contribution in [0.15, 0.2) is 54.6 Å². The molecule has 3 N–H and O–H groups in total. The number of aliphatic carboxylic acids is 1. The van der Waals surface area contributed by atoms with E-state index in [4.69, 9.17) is 16.7 Å². The molecule has 3 aromatic rings. The Hall–Kier alpha value is -3.39. The number of hydrogen-bond acceptors (Lipinski definition) is 5. The molecule has 2 atom stereocenters. The Kier molecular flexibility index (Phi) is 6.18. The summed E-state index contributed by atoms with van der Waals surface area (Å²) in [5, 5.41) is 19.9. The van der Waals surface area contributed by atoms with Crippen LogP contribution in [0.25, 0.3) is 0 Å². The van der Waals surface area contributed by atoms with E-state index in [-0.39, 0.29) is 43.2 Å². The molecular weight excluding hydrogens is 418 g/mol. The Labute approximate surface area is 184 Å². The number of carboxylic acids is 1. The van der Waals surface area contributed by atoms with Crippen molar-refractivity contribution < 1.29 is 14.7 Å². The molecule has 2 aromatic carbocycles. The van der Waals surface area contributed by atoms with Crippen molar-refractivity contribution >= 4 is 35.4 Å². The number of rotatable bonds is 7. The molecule has 0 bridgehead atoms. The van der Waals surface area contributed by atoms with Crippen LogP contribution in [0.3, 0.4) is 0 Å². The van der Waals surface area contributed by atoms with Crippen molar-refractivity contribution in [1.82, 2.24) is 14.8 Å². The zero-order chi connectivity index (χ0) is 21.8. The van der Waals surface area contributed by atoms with Crippen LogP contribution in [-0.2, 0) is 9.59 Å². The largest absolute Gasteiger partial charge is 0.481 e. The highest BCUT2D eigenvalue weighted by Crippen LogP contribution is 2.40. The second-order valence-corrected chi connectivity index (χ2v) is 7.79. The fourth-order valence-electron chi connectivity index (χ4n) is 3.73. The molecule has 31 heavy (non-hydrogen) atoms. The maximum absolute atomic E-state index is 12.2. The van der Waals surface area contributed by atoms with Gasteiger partial charge in [0.1, 0.15) is 0 Å². The number of nitrogens with zero attached hydrogens (tertiary/aromatic N) is 3. The van der Waals surface area contributed by atoms with Crippen LogP contribution in [0, 0.1) is 0 Å².